The van der Waals surface area contributed by atoms with E-state index in [-0.39, 0.29) is 5.91 Å². The fourth-order valence-electron chi connectivity index (χ4n) is 1.87. The van der Waals surface area contributed by atoms with Crippen LogP contribution in [0.3, 0.4) is 0 Å². The lowest BCUT2D eigenvalue weighted by Crippen LogP contribution is -2.14. The predicted octanol–water partition coefficient (Wildman–Crippen LogP) is 2.76. The summed E-state index contributed by atoms with van der Waals surface area (Å²) in [6.45, 7) is 0. The monoisotopic (exact) mass is 319 g/mol. The summed E-state index contributed by atoms with van der Waals surface area (Å²) >= 11 is 7.53. The summed E-state index contributed by atoms with van der Waals surface area (Å²) in [5, 5.41) is 18.9. The molecule has 0 spiro atoms. The zero-order chi connectivity index (χ0) is 14.7. The SMILES string of the molecule is O=C(Cc1cccs1)Nc1cc(Cl)ccc1-c1nnn[nH]1. The van der Waals surface area contributed by atoms with Gasteiger partial charge in [0.15, 0.2) is 5.82 Å². The Hall–Kier alpha value is -2.25. The molecule has 106 valence electrons. The van der Waals surface area contributed by atoms with Crippen molar-refractivity contribution in [3.63, 3.8) is 0 Å². The van der Waals surface area contributed by atoms with Crippen LogP contribution in [0.1, 0.15) is 4.88 Å². The van der Waals surface area contributed by atoms with Gasteiger partial charge in [-0.25, -0.2) is 5.10 Å². The van der Waals surface area contributed by atoms with E-state index in [2.05, 4.69) is 25.9 Å². The molecule has 8 heteroatoms. The van der Waals surface area contributed by atoms with Crippen LogP contribution < -0.4 is 5.32 Å². The zero-order valence-corrected chi connectivity index (χ0v) is 12.3. The Morgan fingerprint density at radius 2 is 2.29 bits per heavy atom. The molecule has 2 heterocycles. The molecule has 0 aliphatic rings. The molecule has 0 saturated carbocycles. The molecule has 0 aliphatic carbocycles. The third-order valence-electron chi connectivity index (χ3n) is 2.77. The number of aromatic amines is 1. The first-order valence-corrected chi connectivity index (χ1v) is 7.34. The molecule has 3 rings (SSSR count). The van der Waals surface area contributed by atoms with E-state index in [0.717, 1.165) is 4.88 Å². The van der Waals surface area contributed by atoms with Crippen molar-refractivity contribution in [2.75, 3.05) is 5.32 Å². The minimum atomic E-state index is -0.117. The number of halogens is 1. The normalized spacial score (nSPS) is 10.5. The summed E-state index contributed by atoms with van der Waals surface area (Å²) in [6, 6.07) is 8.98. The van der Waals surface area contributed by atoms with Crippen molar-refractivity contribution < 1.29 is 4.79 Å². The van der Waals surface area contributed by atoms with E-state index < -0.39 is 0 Å². The molecule has 2 aromatic heterocycles. The van der Waals surface area contributed by atoms with E-state index in [0.29, 0.717) is 28.5 Å². The molecule has 0 bridgehead atoms. The number of amides is 1. The lowest BCUT2D eigenvalue weighted by molar-refractivity contribution is -0.115. The molecule has 6 nitrogen and oxygen atoms in total. The van der Waals surface area contributed by atoms with E-state index in [1.165, 1.54) is 0 Å². The number of anilines is 1. The summed E-state index contributed by atoms with van der Waals surface area (Å²) < 4.78 is 0. The smallest absolute Gasteiger partial charge is 0.229 e. The fourth-order valence-corrected chi connectivity index (χ4v) is 2.74. The van der Waals surface area contributed by atoms with E-state index in [1.54, 1.807) is 29.5 Å². The maximum atomic E-state index is 12.1. The van der Waals surface area contributed by atoms with E-state index >= 15 is 0 Å². The highest BCUT2D eigenvalue weighted by Crippen LogP contribution is 2.28. The number of carbonyl (C=O) groups excluding carboxylic acids is 1. The number of thiophene rings is 1. The van der Waals surface area contributed by atoms with Gasteiger partial charge in [0.1, 0.15) is 0 Å². The summed E-state index contributed by atoms with van der Waals surface area (Å²) in [4.78, 5) is 13.1. The summed E-state index contributed by atoms with van der Waals surface area (Å²) in [5.74, 6) is 0.353. The fraction of sp³-hybridized carbons (Fsp3) is 0.0769. The maximum Gasteiger partial charge on any atom is 0.229 e. The standard InChI is InChI=1S/C13H10ClN5OS/c14-8-3-4-10(13-16-18-19-17-13)11(6-8)15-12(20)7-9-2-1-5-21-9/h1-6H,7H2,(H,15,20)(H,16,17,18,19). The van der Waals surface area contributed by atoms with Gasteiger partial charge in [0, 0.05) is 15.5 Å². The van der Waals surface area contributed by atoms with Crippen molar-refractivity contribution in [1.29, 1.82) is 0 Å². The number of nitrogens with one attached hydrogen (secondary N) is 2. The van der Waals surface area contributed by atoms with Crippen LogP contribution in [0, 0.1) is 0 Å². The number of benzene rings is 1. The molecule has 0 atom stereocenters. The predicted molar refractivity (Wildman–Crippen MR) is 81.3 cm³/mol. The third kappa shape index (κ3) is 3.26. The molecule has 0 saturated heterocycles. The summed E-state index contributed by atoms with van der Waals surface area (Å²) in [7, 11) is 0. The van der Waals surface area contributed by atoms with Gasteiger partial charge in [-0.05, 0) is 40.1 Å². The second kappa shape index (κ2) is 6.02. The Morgan fingerprint density at radius 3 is 3.00 bits per heavy atom. The molecule has 3 aromatic rings. The highest BCUT2D eigenvalue weighted by atomic mass is 35.5. The number of aromatic nitrogens is 4. The molecular weight excluding hydrogens is 310 g/mol. The first-order chi connectivity index (χ1) is 10.2. The van der Waals surface area contributed by atoms with Crippen molar-refractivity contribution in [2.45, 2.75) is 6.42 Å². The number of hydrogen-bond acceptors (Lipinski definition) is 5. The number of hydrogen-bond donors (Lipinski definition) is 2. The maximum absolute atomic E-state index is 12.1. The van der Waals surface area contributed by atoms with Gasteiger partial charge in [0.2, 0.25) is 5.91 Å². The van der Waals surface area contributed by atoms with Gasteiger partial charge in [-0.1, -0.05) is 17.7 Å². The highest BCUT2D eigenvalue weighted by Gasteiger charge is 2.12. The summed E-state index contributed by atoms with van der Waals surface area (Å²) in [5.41, 5.74) is 1.26. The van der Waals surface area contributed by atoms with Crippen LogP contribution in [0.4, 0.5) is 5.69 Å². The zero-order valence-electron chi connectivity index (χ0n) is 10.7. The van der Waals surface area contributed by atoms with Crippen LogP contribution in [-0.2, 0) is 11.2 Å². The van der Waals surface area contributed by atoms with E-state index in [9.17, 15) is 4.79 Å². The van der Waals surface area contributed by atoms with Gasteiger partial charge >= 0.3 is 0 Å². The highest BCUT2D eigenvalue weighted by molar-refractivity contribution is 7.10. The first kappa shape index (κ1) is 13.7. The number of H-pyrrole nitrogens is 1. The minimum absolute atomic E-state index is 0.117. The van der Waals surface area contributed by atoms with Crippen LogP contribution in [0.2, 0.25) is 5.02 Å². The number of carbonyl (C=O) groups is 1. The lowest BCUT2D eigenvalue weighted by Gasteiger charge is -2.09. The molecule has 0 aliphatic heterocycles. The second-order valence-corrected chi connectivity index (χ2v) is 5.71. The average molecular weight is 320 g/mol. The molecule has 21 heavy (non-hydrogen) atoms. The van der Waals surface area contributed by atoms with Gasteiger partial charge in [-0.2, -0.15) is 0 Å². The third-order valence-corrected chi connectivity index (χ3v) is 3.88. The first-order valence-electron chi connectivity index (χ1n) is 6.08. The van der Waals surface area contributed by atoms with Crippen LogP contribution in [0.25, 0.3) is 11.4 Å². The number of nitrogens with zero attached hydrogens (tertiary/aromatic N) is 3. The Bertz CT molecular complexity index is 742. The molecule has 0 radical (unpaired) electrons. The van der Waals surface area contributed by atoms with Crippen molar-refractivity contribution >= 4 is 34.5 Å². The quantitative estimate of drug-likeness (QED) is 0.774. The van der Waals surface area contributed by atoms with Gasteiger partial charge in [0.05, 0.1) is 12.1 Å². The van der Waals surface area contributed by atoms with Gasteiger partial charge < -0.3 is 5.32 Å². The van der Waals surface area contributed by atoms with Crippen LogP contribution >= 0.6 is 22.9 Å². The molecule has 1 amide bonds. The number of rotatable bonds is 4. The molecule has 0 unspecified atom stereocenters. The molecule has 2 N–H and O–H groups in total. The van der Waals surface area contributed by atoms with Crippen molar-refractivity contribution in [3.8, 4) is 11.4 Å². The second-order valence-electron chi connectivity index (χ2n) is 4.24. The Morgan fingerprint density at radius 1 is 1.38 bits per heavy atom. The average Bonchev–Trinajstić information content (AvgIpc) is 3.11. The van der Waals surface area contributed by atoms with Crippen molar-refractivity contribution in [1.82, 2.24) is 20.6 Å². The van der Waals surface area contributed by atoms with Crippen LogP contribution in [-0.4, -0.2) is 26.5 Å². The minimum Gasteiger partial charge on any atom is -0.325 e. The molecule has 0 fully saturated rings. The molecular formula is C13H10ClN5OS. The number of tetrazole rings is 1. The Kier molecular flexibility index (Phi) is 3.94. The van der Waals surface area contributed by atoms with Gasteiger partial charge in [0.25, 0.3) is 0 Å². The van der Waals surface area contributed by atoms with Crippen molar-refractivity contribution in [3.05, 3.63) is 45.6 Å². The van der Waals surface area contributed by atoms with E-state index in [4.69, 9.17) is 11.6 Å². The van der Waals surface area contributed by atoms with Crippen molar-refractivity contribution in [2.24, 2.45) is 0 Å². The Labute approximate surface area is 129 Å². The Balaban J connectivity index is 1.84. The summed E-state index contributed by atoms with van der Waals surface area (Å²) in [6.07, 6.45) is 0.318. The largest absolute Gasteiger partial charge is 0.325 e. The van der Waals surface area contributed by atoms with Gasteiger partial charge in [-0.15, -0.1) is 16.4 Å². The van der Waals surface area contributed by atoms with Crippen LogP contribution in [0.15, 0.2) is 35.7 Å². The molecule has 1 aromatic carbocycles. The van der Waals surface area contributed by atoms with Crippen LogP contribution in [0.5, 0.6) is 0 Å². The lowest BCUT2D eigenvalue weighted by atomic mass is 10.1. The topological polar surface area (TPSA) is 83.6 Å². The van der Waals surface area contributed by atoms with Gasteiger partial charge in [-0.3, -0.25) is 4.79 Å². The van der Waals surface area contributed by atoms with E-state index in [1.807, 2.05) is 17.5 Å².